The van der Waals surface area contributed by atoms with E-state index in [4.69, 9.17) is 33.2 Å². The van der Waals surface area contributed by atoms with Crippen LogP contribution >= 0.6 is 0 Å². The van der Waals surface area contributed by atoms with Crippen molar-refractivity contribution in [3.63, 3.8) is 0 Å². The molecule has 2 aromatic rings. The van der Waals surface area contributed by atoms with Gasteiger partial charge < -0.3 is 38.3 Å². The van der Waals surface area contributed by atoms with Crippen molar-refractivity contribution in [2.75, 3.05) is 6.61 Å². The second-order valence-electron chi connectivity index (χ2n) is 15.9. The fraction of sp³-hybridized carbons (Fsp3) is 0.524. The molecule has 1 N–H and O–H groups in total. The Labute approximate surface area is 324 Å². The first kappa shape index (κ1) is 40.6. The van der Waals surface area contributed by atoms with Gasteiger partial charge in [-0.15, -0.1) is 0 Å². The fourth-order valence-corrected chi connectivity index (χ4v) is 9.86. The molecule has 3 fully saturated rings. The number of aliphatic hydroxyl groups is 1. The van der Waals surface area contributed by atoms with Crippen molar-refractivity contribution in [3.05, 3.63) is 82.9 Å². The third-order valence-corrected chi connectivity index (χ3v) is 12.1. The van der Waals surface area contributed by atoms with Gasteiger partial charge >= 0.3 is 35.8 Å². The van der Waals surface area contributed by atoms with Gasteiger partial charge in [0.15, 0.2) is 17.8 Å². The van der Waals surface area contributed by atoms with Crippen LogP contribution in [-0.2, 0) is 52.3 Å². The molecule has 56 heavy (non-hydrogen) atoms. The Morgan fingerprint density at radius 3 is 1.71 bits per heavy atom. The van der Waals surface area contributed by atoms with Crippen molar-refractivity contribution < 1.29 is 67.0 Å². The largest absolute Gasteiger partial charge is 0.462 e. The summed E-state index contributed by atoms with van der Waals surface area (Å²) in [5.41, 5.74) is -6.23. The van der Waals surface area contributed by atoms with E-state index in [1.807, 2.05) is 0 Å². The van der Waals surface area contributed by atoms with Crippen molar-refractivity contribution in [3.8, 4) is 0 Å². The van der Waals surface area contributed by atoms with Crippen LogP contribution in [0.2, 0.25) is 0 Å². The first-order valence-corrected chi connectivity index (χ1v) is 18.6. The maximum Gasteiger partial charge on any atom is 0.338 e. The molecule has 3 aliphatic carbocycles. The maximum atomic E-state index is 14.3. The third-order valence-electron chi connectivity index (χ3n) is 12.1. The van der Waals surface area contributed by atoms with Crippen LogP contribution in [-0.4, -0.2) is 95.4 Å². The van der Waals surface area contributed by atoms with E-state index in [1.54, 1.807) is 62.4 Å². The number of benzene rings is 2. The molecule has 2 aromatic carbocycles. The highest BCUT2D eigenvalue weighted by molar-refractivity contribution is 5.90. The molecule has 4 aliphatic rings. The minimum absolute atomic E-state index is 0.0609. The van der Waals surface area contributed by atoms with Crippen LogP contribution in [0.5, 0.6) is 0 Å². The Morgan fingerprint density at radius 1 is 0.732 bits per heavy atom. The number of carbonyl (C=O) groups is 6. The highest BCUT2D eigenvalue weighted by atomic mass is 16.6. The second-order valence-corrected chi connectivity index (χ2v) is 15.9. The predicted molar refractivity (Wildman–Crippen MR) is 194 cm³/mol. The summed E-state index contributed by atoms with van der Waals surface area (Å²) in [6, 6.07) is 16.3. The summed E-state index contributed by atoms with van der Waals surface area (Å²) in [5, 5.41) is 12.7. The van der Waals surface area contributed by atoms with Crippen molar-refractivity contribution in [2.45, 2.75) is 116 Å². The van der Waals surface area contributed by atoms with Gasteiger partial charge in [-0.1, -0.05) is 43.3 Å². The second kappa shape index (κ2) is 14.8. The highest BCUT2D eigenvalue weighted by Crippen LogP contribution is 2.69. The zero-order chi connectivity index (χ0) is 41.0. The summed E-state index contributed by atoms with van der Waals surface area (Å²) in [7, 11) is 0. The predicted octanol–water partition coefficient (Wildman–Crippen LogP) is 4.45. The Balaban J connectivity index is 1.72. The molecule has 0 spiro atoms. The first-order chi connectivity index (χ1) is 26.3. The molecule has 1 heterocycles. The molecule has 1 saturated heterocycles. The zero-order valence-corrected chi connectivity index (χ0v) is 32.7. The van der Waals surface area contributed by atoms with Crippen LogP contribution in [0, 0.1) is 16.7 Å². The number of rotatable bonds is 9. The summed E-state index contributed by atoms with van der Waals surface area (Å²) in [4.78, 5) is 80.9. The standard InChI is InChI=1S/C42H48O14/c1-22-29(54-37(47)27-15-11-9-12-16-27)20-41(39(6,7)49)32(22)33(55-38(48)28-17-13-10-14-18-28)35(52-24(3)44)40(8)30(51-23(2)43)19-31-42(21-50-31,56-26(5)46)34(40)36(41)53-25(4)45/h9-18,29-31,33-36,49H,19-21H2,1-8H3/t29-,30-,31+,33+,34-,35-,36-,40+,41-,42-/m0/s1. The minimum Gasteiger partial charge on any atom is -0.462 e. The number of fused-ring (bicyclic) bond motifs is 4. The summed E-state index contributed by atoms with van der Waals surface area (Å²) >= 11 is 0. The van der Waals surface area contributed by atoms with E-state index >= 15 is 0 Å². The molecule has 1 aliphatic heterocycles. The molecule has 2 saturated carbocycles. The molecule has 0 bridgehead atoms. The highest BCUT2D eigenvalue weighted by Gasteiger charge is 2.81. The van der Waals surface area contributed by atoms with Crippen LogP contribution in [0.3, 0.4) is 0 Å². The van der Waals surface area contributed by atoms with Gasteiger partial charge in [-0.2, -0.15) is 0 Å². The van der Waals surface area contributed by atoms with Crippen molar-refractivity contribution in [2.24, 2.45) is 16.7 Å². The normalized spacial score (nSPS) is 33.2. The lowest BCUT2D eigenvalue weighted by Gasteiger charge is -2.65. The summed E-state index contributed by atoms with van der Waals surface area (Å²) < 4.78 is 43.6. The van der Waals surface area contributed by atoms with Crippen molar-refractivity contribution >= 4 is 35.8 Å². The summed E-state index contributed by atoms with van der Waals surface area (Å²) in [6.45, 7) is 10.8. The number of esters is 6. The number of hydrogen-bond donors (Lipinski definition) is 1. The molecule has 10 atom stereocenters. The molecular formula is C42H48O14. The lowest BCUT2D eigenvalue weighted by molar-refractivity contribution is -0.352. The average molecular weight is 777 g/mol. The third kappa shape index (κ3) is 6.66. The molecule has 14 nitrogen and oxygen atoms in total. The maximum absolute atomic E-state index is 14.3. The quantitative estimate of drug-likeness (QED) is 0.214. The molecule has 6 rings (SSSR count). The van der Waals surface area contributed by atoms with Gasteiger partial charge in [-0.25, -0.2) is 9.59 Å². The van der Waals surface area contributed by atoms with E-state index < -0.39 is 100 Å². The topological polar surface area (TPSA) is 187 Å². The Hall–Kier alpha value is -5.08. The zero-order valence-electron chi connectivity index (χ0n) is 32.7. The molecule has 0 radical (unpaired) electrons. The lowest BCUT2D eigenvalue weighted by Crippen LogP contribution is -2.79. The van der Waals surface area contributed by atoms with E-state index in [9.17, 15) is 33.9 Å². The summed E-state index contributed by atoms with van der Waals surface area (Å²) in [5.74, 6) is -5.85. The monoisotopic (exact) mass is 776 g/mol. The fourth-order valence-electron chi connectivity index (χ4n) is 9.86. The van der Waals surface area contributed by atoms with Crippen LogP contribution in [0.1, 0.15) is 88.9 Å². The molecule has 0 aromatic heterocycles. The van der Waals surface area contributed by atoms with E-state index in [0.29, 0.717) is 5.57 Å². The minimum atomic E-state index is -1.92. The average Bonchev–Trinajstić information content (AvgIpc) is 3.38. The van der Waals surface area contributed by atoms with Gasteiger partial charge in [-0.05, 0) is 56.2 Å². The van der Waals surface area contributed by atoms with Crippen LogP contribution < -0.4 is 0 Å². The number of ether oxygens (including phenoxy) is 7. The van der Waals surface area contributed by atoms with Crippen LogP contribution in [0.15, 0.2) is 71.8 Å². The van der Waals surface area contributed by atoms with Gasteiger partial charge in [-0.3, -0.25) is 19.2 Å². The molecule has 14 heteroatoms. The Morgan fingerprint density at radius 2 is 1.25 bits per heavy atom. The summed E-state index contributed by atoms with van der Waals surface area (Å²) in [6.07, 6.45) is -8.20. The van der Waals surface area contributed by atoms with E-state index in [0.717, 1.165) is 6.92 Å². The first-order valence-electron chi connectivity index (χ1n) is 18.6. The number of carbonyl (C=O) groups excluding carboxylic acids is 6. The van der Waals surface area contributed by atoms with Gasteiger partial charge in [0.1, 0.15) is 24.4 Å². The van der Waals surface area contributed by atoms with Gasteiger partial charge in [0.2, 0.25) is 0 Å². The molecular weight excluding hydrogens is 728 g/mol. The van der Waals surface area contributed by atoms with E-state index in [2.05, 4.69) is 0 Å². The number of hydrogen-bond acceptors (Lipinski definition) is 14. The Bertz CT molecular complexity index is 1930. The Kier molecular flexibility index (Phi) is 10.7. The van der Waals surface area contributed by atoms with E-state index in [1.165, 1.54) is 46.8 Å². The molecule has 0 unspecified atom stereocenters. The van der Waals surface area contributed by atoms with Gasteiger partial charge in [0.05, 0.1) is 40.1 Å². The lowest BCUT2D eigenvalue weighted by atomic mass is 9.49. The van der Waals surface area contributed by atoms with Crippen molar-refractivity contribution in [1.82, 2.24) is 0 Å². The molecule has 0 amide bonds. The molecule has 300 valence electrons. The van der Waals surface area contributed by atoms with E-state index in [-0.39, 0.29) is 36.1 Å². The van der Waals surface area contributed by atoms with Gasteiger partial charge in [0, 0.05) is 40.5 Å². The van der Waals surface area contributed by atoms with Crippen molar-refractivity contribution in [1.29, 1.82) is 0 Å². The SMILES string of the molecule is CC(=O)O[C@H]1C[C@H]2OC[C@@]2(OC(C)=O)[C@H]2[C@H](OC(C)=O)[C@]3(C(C)(C)O)C[C@H](OC(=O)c4ccccc4)C(C)=C3[C@@H](OC(=O)c3ccccc3)[C@H](OC(C)=O)[C@]12C. The smallest absolute Gasteiger partial charge is 0.338 e. The van der Waals surface area contributed by atoms with Gasteiger partial charge in [0.25, 0.3) is 0 Å². The van der Waals surface area contributed by atoms with Crippen LogP contribution in [0.4, 0.5) is 0 Å². The van der Waals surface area contributed by atoms with Crippen LogP contribution in [0.25, 0.3) is 0 Å².